The van der Waals surface area contributed by atoms with Crippen molar-refractivity contribution < 1.29 is 22.3 Å². The highest BCUT2D eigenvalue weighted by molar-refractivity contribution is 7.86. The van der Waals surface area contributed by atoms with Crippen molar-refractivity contribution in [3.8, 4) is 0 Å². The third-order valence-corrected chi connectivity index (χ3v) is 6.32. The molecule has 1 saturated heterocycles. The molecule has 2 atom stereocenters. The van der Waals surface area contributed by atoms with Crippen LogP contribution in [0.4, 0.5) is 0 Å². The fourth-order valence-corrected chi connectivity index (χ4v) is 5.23. The predicted molar refractivity (Wildman–Crippen MR) is 86.2 cm³/mol. The van der Waals surface area contributed by atoms with Crippen LogP contribution in [0.1, 0.15) is 42.4 Å². The minimum absolute atomic E-state index is 0.0172. The Kier molecular flexibility index (Phi) is 4.25. The van der Waals surface area contributed by atoms with Crippen molar-refractivity contribution in [2.75, 3.05) is 0 Å². The standard InChI is InChI=1S/C17H21NO5S/c1-10-8-11(2)15(12(3)9-10)24(21,22)23-18-16(19)13-6-4-5-7-14(13)17(18)20/h8-9,13-14H,4-7H2,1-3H3. The Labute approximate surface area is 141 Å². The Hall–Kier alpha value is -1.73. The van der Waals surface area contributed by atoms with Crippen molar-refractivity contribution in [1.29, 1.82) is 0 Å². The zero-order valence-electron chi connectivity index (χ0n) is 14.0. The Balaban J connectivity index is 1.93. The lowest BCUT2D eigenvalue weighted by molar-refractivity contribution is -0.165. The molecule has 2 fully saturated rings. The van der Waals surface area contributed by atoms with E-state index < -0.39 is 33.8 Å². The van der Waals surface area contributed by atoms with E-state index in [9.17, 15) is 18.0 Å². The first-order valence-electron chi connectivity index (χ1n) is 8.12. The van der Waals surface area contributed by atoms with E-state index in [1.807, 2.05) is 6.92 Å². The fraction of sp³-hybridized carbons (Fsp3) is 0.529. The molecule has 0 bridgehead atoms. The minimum Gasteiger partial charge on any atom is -0.272 e. The summed E-state index contributed by atoms with van der Waals surface area (Å²) < 4.78 is 30.3. The lowest BCUT2D eigenvalue weighted by Crippen LogP contribution is -2.34. The molecular formula is C17H21NO5S. The number of hydroxylamine groups is 2. The molecule has 0 spiro atoms. The number of fused-ring (bicyclic) bond motifs is 1. The molecule has 0 N–H and O–H groups in total. The monoisotopic (exact) mass is 351 g/mol. The molecule has 2 unspecified atom stereocenters. The molecule has 24 heavy (non-hydrogen) atoms. The van der Waals surface area contributed by atoms with E-state index in [0.29, 0.717) is 29.0 Å². The van der Waals surface area contributed by atoms with Gasteiger partial charge in [0.2, 0.25) is 0 Å². The van der Waals surface area contributed by atoms with E-state index in [-0.39, 0.29) is 4.90 Å². The summed E-state index contributed by atoms with van der Waals surface area (Å²) in [6, 6.07) is 3.47. The molecule has 1 aliphatic carbocycles. The second-order valence-electron chi connectivity index (χ2n) is 6.72. The molecule has 6 nitrogen and oxygen atoms in total. The van der Waals surface area contributed by atoms with Gasteiger partial charge in [0, 0.05) is 0 Å². The van der Waals surface area contributed by atoms with Gasteiger partial charge in [0.25, 0.3) is 11.8 Å². The summed E-state index contributed by atoms with van der Waals surface area (Å²) in [6.45, 7) is 5.21. The van der Waals surface area contributed by atoms with Crippen molar-refractivity contribution in [2.45, 2.75) is 51.3 Å². The van der Waals surface area contributed by atoms with Crippen LogP contribution in [0, 0.1) is 32.6 Å². The first-order valence-corrected chi connectivity index (χ1v) is 9.53. The summed E-state index contributed by atoms with van der Waals surface area (Å²) >= 11 is 0. The van der Waals surface area contributed by atoms with Gasteiger partial charge in [0.1, 0.15) is 4.90 Å². The van der Waals surface area contributed by atoms with E-state index in [0.717, 1.165) is 18.4 Å². The van der Waals surface area contributed by atoms with Gasteiger partial charge in [0.15, 0.2) is 0 Å². The molecule has 7 heteroatoms. The molecule has 2 amide bonds. The van der Waals surface area contributed by atoms with Crippen LogP contribution in [0.5, 0.6) is 0 Å². The lowest BCUT2D eigenvalue weighted by atomic mass is 9.81. The normalized spacial score (nSPS) is 24.4. The summed E-state index contributed by atoms with van der Waals surface area (Å²) in [5.41, 5.74) is 2.00. The lowest BCUT2D eigenvalue weighted by Gasteiger charge is -2.19. The third-order valence-electron chi connectivity index (χ3n) is 4.83. The van der Waals surface area contributed by atoms with Gasteiger partial charge >= 0.3 is 10.1 Å². The van der Waals surface area contributed by atoms with Crippen LogP contribution in [0.3, 0.4) is 0 Å². The number of nitrogens with zero attached hydrogens (tertiary/aromatic N) is 1. The van der Waals surface area contributed by atoms with Gasteiger partial charge in [-0.05, 0) is 44.7 Å². The molecule has 3 rings (SSSR count). The number of hydrogen-bond donors (Lipinski definition) is 0. The first-order chi connectivity index (χ1) is 11.2. The van der Waals surface area contributed by atoms with Gasteiger partial charge in [-0.2, -0.15) is 8.42 Å². The number of amides is 2. The Morgan fingerprint density at radius 3 is 1.88 bits per heavy atom. The van der Waals surface area contributed by atoms with Gasteiger partial charge in [-0.3, -0.25) is 9.59 Å². The van der Waals surface area contributed by atoms with Gasteiger partial charge in [-0.25, -0.2) is 0 Å². The Morgan fingerprint density at radius 1 is 0.958 bits per heavy atom. The predicted octanol–water partition coefficient (Wildman–Crippen LogP) is 2.41. The van der Waals surface area contributed by atoms with E-state index in [1.54, 1.807) is 26.0 Å². The van der Waals surface area contributed by atoms with E-state index >= 15 is 0 Å². The zero-order valence-corrected chi connectivity index (χ0v) is 14.9. The summed E-state index contributed by atoms with van der Waals surface area (Å²) in [5, 5.41) is 0.481. The molecule has 1 aromatic carbocycles. The number of benzene rings is 1. The first kappa shape index (κ1) is 17.1. The van der Waals surface area contributed by atoms with Crippen LogP contribution in [0.25, 0.3) is 0 Å². The molecule has 1 heterocycles. The van der Waals surface area contributed by atoms with Crippen LogP contribution in [-0.2, 0) is 24.0 Å². The highest BCUT2D eigenvalue weighted by atomic mass is 32.2. The van der Waals surface area contributed by atoms with Gasteiger partial charge < -0.3 is 0 Å². The van der Waals surface area contributed by atoms with E-state index in [4.69, 9.17) is 4.28 Å². The highest BCUT2D eigenvalue weighted by Crippen LogP contribution is 2.39. The van der Waals surface area contributed by atoms with E-state index in [1.165, 1.54) is 0 Å². The molecule has 0 aromatic heterocycles. The van der Waals surface area contributed by atoms with Crippen molar-refractivity contribution in [3.05, 3.63) is 28.8 Å². The smallest absolute Gasteiger partial charge is 0.272 e. The molecule has 1 saturated carbocycles. The molecule has 0 radical (unpaired) electrons. The Bertz CT molecular complexity index is 767. The number of rotatable bonds is 3. The molecule has 1 aromatic rings. The van der Waals surface area contributed by atoms with Crippen molar-refractivity contribution in [1.82, 2.24) is 5.06 Å². The number of carbonyl (C=O) groups excluding carboxylic acids is 2. The Morgan fingerprint density at radius 2 is 1.42 bits per heavy atom. The minimum atomic E-state index is -4.25. The highest BCUT2D eigenvalue weighted by Gasteiger charge is 2.51. The summed E-state index contributed by atoms with van der Waals surface area (Å²) in [4.78, 5) is 24.8. The van der Waals surface area contributed by atoms with Gasteiger partial charge in [-0.1, -0.05) is 30.5 Å². The van der Waals surface area contributed by atoms with Crippen molar-refractivity contribution in [2.24, 2.45) is 11.8 Å². The second kappa shape index (κ2) is 5.97. The second-order valence-corrected chi connectivity index (χ2v) is 8.19. The molecule has 1 aliphatic heterocycles. The largest absolute Gasteiger partial charge is 0.318 e. The van der Waals surface area contributed by atoms with Crippen LogP contribution in [0.2, 0.25) is 0 Å². The molecule has 2 aliphatic rings. The summed E-state index contributed by atoms with van der Waals surface area (Å²) in [5.74, 6) is -1.95. The topological polar surface area (TPSA) is 80.8 Å². The van der Waals surface area contributed by atoms with Crippen molar-refractivity contribution in [3.63, 3.8) is 0 Å². The SMILES string of the molecule is Cc1cc(C)c(S(=O)(=O)ON2C(=O)C3CCCCC3C2=O)c(C)c1. The maximum atomic E-state index is 12.7. The average molecular weight is 351 g/mol. The number of imide groups is 1. The summed E-state index contributed by atoms with van der Waals surface area (Å²) in [7, 11) is -4.25. The van der Waals surface area contributed by atoms with Crippen LogP contribution in [-0.4, -0.2) is 25.3 Å². The number of hydrogen-bond acceptors (Lipinski definition) is 5. The maximum absolute atomic E-state index is 12.7. The fourth-order valence-electron chi connectivity index (χ4n) is 3.90. The van der Waals surface area contributed by atoms with E-state index in [2.05, 4.69) is 0 Å². The van der Waals surface area contributed by atoms with Crippen LogP contribution in [0.15, 0.2) is 17.0 Å². The molecular weight excluding hydrogens is 330 g/mol. The average Bonchev–Trinajstić information content (AvgIpc) is 2.71. The van der Waals surface area contributed by atoms with Crippen LogP contribution >= 0.6 is 0 Å². The van der Waals surface area contributed by atoms with Gasteiger partial charge in [0.05, 0.1) is 11.8 Å². The van der Waals surface area contributed by atoms with Crippen LogP contribution < -0.4 is 0 Å². The van der Waals surface area contributed by atoms with Crippen molar-refractivity contribution >= 4 is 21.9 Å². The maximum Gasteiger partial charge on any atom is 0.318 e. The number of carbonyl (C=O) groups is 2. The quantitative estimate of drug-likeness (QED) is 0.781. The number of aryl methyl sites for hydroxylation is 3. The summed E-state index contributed by atoms with van der Waals surface area (Å²) in [6.07, 6.45) is 2.96. The third kappa shape index (κ3) is 2.75. The zero-order chi connectivity index (χ0) is 17.6. The van der Waals surface area contributed by atoms with Gasteiger partial charge in [-0.15, -0.1) is 9.35 Å². The molecule has 130 valence electrons.